The highest BCUT2D eigenvalue weighted by molar-refractivity contribution is 7.85. The van der Waals surface area contributed by atoms with E-state index in [-0.39, 0.29) is 12.2 Å². The molecule has 0 unspecified atom stereocenters. The summed E-state index contributed by atoms with van der Waals surface area (Å²) < 4.78 is 67.6. The lowest BCUT2D eigenvalue weighted by Gasteiger charge is -2.13. The lowest BCUT2D eigenvalue weighted by Crippen LogP contribution is -2.36. The predicted molar refractivity (Wildman–Crippen MR) is 136 cm³/mol. The summed E-state index contributed by atoms with van der Waals surface area (Å²) in [5, 5.41) is 0. The Labute approximate surface area is 216 Å². The minimum atomic E-state index is -4.04. The number of hydrogen-bond acceptors (Lipinski definition) is 8. The van der Waals surface area contributed by atoms with E-state index in [1.807, 2.05) is 59.2 Å². The second-order valence-electron chi connectivity index (χ2n) is 8.27. The summed E-state index contributed by atoms with van der Waals surface area (Å²) in [5.74, 6) is 1.42. The molecule has 0 saturated carbocycles. The van der Waals surface area contributed by atoms with Crippen LogP contribution in [0.5, 0.6) is 11.5 Å². The van der Waals surface area contributed by atoms with Crippen molar-refractivity contribution in [3.8, 4) is 11.5 Å². The molecule has 4 rings (SSSR count). The molecule has 1 aliphatic heterocycles. The first-order valence-electron chi connectivity index (χ1n) is 12.2. The fourth-order valence-electron chi connectivity index (χ4n) is 3.80. The van der Waals surface area contributed by atoms with Crippen LogP contribution in [0.25, 0.3) is 23.3 Å². The summed E-state index contributed by atoms with van der Waals surface area (Å²) in [5.41, 5.74) is 2.37. The summed E-state index contributed by atoms with van der Waals surface area (Å²) in [6, 6.07) is 13.1. The van der Waals surface area contributed by atoms with Crippen molar-refractivity contribution in [2.24, 2.45) is 0 Å². The number of aryl methyl sites for hydroxylation is 1. The number of nitrogens with zero attached hydrogens (tertiary/aromatic N) is 1. The SMILES string of the molecule is O=S(=O)(O)CCC[n+]1c(/C=C/c2ccc3c(c2)OCCOCCOCCOCCO3)oc2ccccc21. The first-order chi connectivity index (χ1) is 18.0. The molecule has 0 spiro atoms. The highest BCUT2D eigenvalue weighted by atomic mass is 32.2. The summed E-state index contributed by atoms with van der Waals surface area (Å²) in [6.07, 6.45) is 3.95. The summed E-state index contributed by atoms with van der Waals surface area (Å²) in [7, 11) is -4.04. The predicted octanol–water partition coefficient (Wildman–Crippen LogP) is 2.99. The van der Waals surface area contributed by atoms with Gasteiger partial charge in [-0.05, 0) is 29.8 Å². The van der Waals surface area contributed by atoms with E-state index in [1.54, 1.807) is 0 Å². The molecule has 10 nitrogen and oxygen atoms in total. The van der Waals surface area contributed by atoms with Crippen LogP contribution in [0.2, 0.25) is 0 Å². The van der Waals surface area contributed by atoms with Crippen molar-refractivity contribution in [3.05, 3.63) is 53.9 Å². The molecule has 2 heterocycles. The Morgan fingerprint density at radius 1 is 0.811 bits per heavy atom. The molecule has 3 aromatic rings. The molecule has 1 aliphatic rings. The van der Waals surface area contributed by atoms with Crippen LogP contribution in [-0.4, -0.2) is 71.6 Å². The van der Waals surface area contributed by atoms with Gasteiger partial charge in [0.05, 0.1) is 51.5 Å². The maximum atomic E-state index is 11.2. The van der Waals surface area contributed by atoms with Gasteiger partial charge in [-0.3, -0.25) is 4.55 Å². The number of hydrogen-bond donors (Lipinski definition) is 1. The molecular formula is C26H32NO9S+. The molecule has 0 aliphatic carbocycles. The van der Waals surface area contributed by atoms with Gasteiger partial charge in [0.25, 0.3) is 15.6 Å². The third-order valence-electron chi connectivity index (χ3n) is 5.52. The van der Waals surface area contributed by atoms with Gasteiger partial charge in [0, 0.05) is 12.5 Å². The highest BCUT2D eigenvalue weighted by Crippen LogP contribution is 2.29. The van der Waals surface area contributed by atoms with Crippen LogP contribution in [0.4, 0.5) is 0 Å². The number of benzene rings is 2. The monoisotopic (exact) mass is 534 g/mol. The van der Waals surface area contributed by atoms with Gasteiger partial charge in [0.15, 0.2) is 18.0 Å². The molecule has 0 saturated heterocycles. The van der Waals surface area contributed by atoms with Crippen LogP contribution in [0.1, 0.15) is 17.9 Å². The molecule has 0 fully saturated rings. The standard InChI is InChI=1S/C26H31NO9S/c28-37(29,30)19-3-10-27-22-4-1-2-5-23(22)36-26(27)9-7-21-6-8-24-25(20-21)35-18-16-33-14-12-31-11-13-32-15-17-34-24/h1-2,4-9,20H,3,10-19H2/p+1/b9-7+. The number of ether oxygens (including phenoxy) is 5. The van der Waals surface area contributed by atoms with Crippen molar-refractivity contribution in [1.29, 1.82) is 0 Å². The van der Waals surface area contributed by atoms with Crippen LogP contribution < -0.4 is 14.0 Å². The molecule has 0 radical (unpaired) electrons. The third kappa shape index (κ3) is 8.54. The molecule has 1 aromatic heterocycles. The fraction of sp³-hybridized carbons (Fsp3) is 0.423. The number of oxazole rings is 1. The van der Waals surface area contributed by atoms with Gasteiger partial charge in [-0.2, -0.15) is 13.0 Å². The minimum absolute atomic E-state index is 0.246. The third-order valence-corrected chi connectivity index (χ3v) is 6.33. The van der Waals surface area contributed by atoms with E-state index in [0.29, 0.717) is 82.4 Å². The average Bonchev–Trinajstić information content (AvgIpc) is 3.22. The quantitative estimate of drug-likeness (QED) is 0.376. The van der Waals surface area contributed by atoms with Crippen LogP contribution >= 0.6 is 0 Å². The van der Waals surface area contributed by atoms with Gasteiger partial charge >= 0.3 is 5.89 Å². The smallest absolute Gasteiger partial charge is 0.374 e. The summed E-state index contributed by atoms with van der Waals surface area (Å²) in [4.78, 5) is 0. The Morgan fingerprint density at radius 3 is 2.16 bits per heavy atom. The van der Waals surface area contributed by atoms with Crippen LogP contribution in [0.15, 0.2) is 46.9 Å². The topological polar surface area (TPSA) is 118 Å². The van der Waals surface area contributed by atoms with E-state index >= 15 is 0 Å². The molecule has 11 heteroatoms. The minimum Gasteiger partial charge on any atom is -0.487 e. The van der Waals surface area contributed by atoms with Gasteiger partial charge in [0.1, 0.15) is 13.2 Å². The number of aromatic nitrogens is 1. The van der Waals surface area contributed by atoms with Gasteiger partial charge in [-0.25, -0.2) is 0 Å². The lowest BCUT2D eigenvalue weighted by atomic mass is 10.2. The van der Waals surface area contributed by atoms with Gasteiger partial charge in [0.2, 0.25) is 5.58 Å². The van der Waals surface area contributed by atoms with E-state index in [1.165, 1.54) is 0 Å². The zero-order valence-corrected chi connectivity index (χ0v) is 21.4. The van der Waals surface area contributed by atoms with Crippen LogP contribution in [0.3, 0.4) is 0 Å². The normalized spacial score (nSPS) is 16.5. The Bertz CT molecular complexity index is 1290. The van der Waals surface area contributed by atoms with E-state index in [9.17, 15) is 8.42 Å². The average molecular weight is 535 g/mol. The van der Waals surface area contributed by atoms with Gasteiger partial charge in [-0.1, -0.05) is 18.2 Å². The maximum Gasteiger partial charge on any atom is 0.374 e. The van der Waals surface area contributed by atoms with Crippen molar-refractivity contribution in [1.82, 2.24) is 0 Å². The largest absolute Gasteiger partial charge is 0.487 e. The fourth-order valence-corrected chi connectivity index (χ4v) is 4.30. The molecule has 37 heavy (non-hydrogen) atoms. The van der Waals surface area contributed by atoms with Crippen molar-refractivity contribution >= 4 is 33.4 Å². The Morgan fingerprint density at radius 2 is 1.46 bits per heavy atom. The Hall–Kier alpha value is -2.96. The van der Waals surface area contributed by atoms with Gasteiger partial charge < -0.3 is 28.1 Å². The number of fused-ring (bicyclic) bond motifs is 2. The van der Waals surface area contributed by atoms with E-state index in [2.05, 4.69) is 0 Å². The number of rotatable bonds is 6. The molecule has 2 aromatic carbocycles. The van der Waals surface area contributed by atoms with Crippen molar-refractivity contribution in [2.75, 3.05) is 58.6 Å². The Balaban J connectivity index is 1.52. The van der Waals surface area contributed by atoms with E-state index in [4.69, 9.17) is 32.7 Å². The van der Waals surface area contributed by atoms with Crippen molar-refractivity contribution in [2.45, 2.75) is 13.0 Å². The van der Waals surface area contributed by atoms with E-state index in [0.717, 1.165) is 11.1 Å². The first kappa shape index (κ1) is 27.1. The molecular weight excluding hydrogens is 502 g/mol. The second kappa shape index (κ2) is 13.5. The maximum absolute atomic E-state index is 11.2. The van der Waals surface area contributed by atoms with Crippen molar-refractivity contribution in [3.63, 3.8) is 0 Å². The molecule has 0 atom stereocenters. The summed E-state index contributed by atoms with van der Waals surface area (Å²) in [6.45, 7) is 3.95. The van der Waals surface area contributed by atoms with E-state index < -0.39 is 10.1 Å². The first-order valence-corrected chi connectivity index (χ1v) is 13.8. The summed E-state index contributed by atoms with van der Waals surface area (Å²) >= 11 is 0. The highest BCUT2D eigenvalue weighted by Gasteiger charge is 2.21. The molecule has 0 bridgehead atoms. The molecule has 1 N–H and O–H groups in total. The van der Waals surface area contributed by atoms with Crippen molar-refractivity contribution < 1.29 is 45.6 Å². The molecule has 0 amide bonds. The van der Waals surface area contributed by atoms with Gasteiger partial charge in [-0.15, -0.1) is 0 Å². The second-order valence-corrected chi connectivity index (χ2v) is 9.84. The zero-order valence-electron chi connectivity index (χ0n) is 20.5. The number of para-hydroxylation sites is 2. The lowest BCUT2D eigenvalue weighted by molar-refractivity contribution is -0.677. The zero-order chi connectivity index (χ0) is 25.9. The van der Waals surface area contributed by atoms with Crippen LogP contribution in [0, 0.1) is 0 Å². The van der Waals surface area contributed by atoms with Crippen LogP contribution in [-0.2, 0) is 30.9 Å². The Kier molecular flexibility index (Phi) is 9.92. The molecule has 200 valence electrons.